The number of rotatable bonds is 12. The quantitative estimate of drug-likeness (QED) is 0.105. The molecule has 240 valence electrons. The van der Waals surface area contributed by atoms with Crippen LogP contribution in [0.25, 0.3) is 22.2 Å². The highest BCUT2D eigenvalue weighted by Crippen LogP contribution is 2.32. The lowest BCUT2D eigenvalue weighted by Crippen LogP contribution is -2.12. The molecule has 7 heteroatoms. The van der Waals surface area contributed by atoms with Gasteiger partial charge in [-0.15, -0.1) is 0 Å². The van der Waals surface area contributed by atoms with Crippen molar-refractivity contribution in [1.29, 1.82) is 0 Å². The first kappa shape index (κ1) is 33.3. The maximum atomic E-state index is 12.6. The van der Waals surface area contributed by atoms with Gasteiger partial charge in [0.05, 0.1) is 16.8 Å². The molecule has 0 spiro atoms. The zero-order valence-electron chi connectivity index (χ0n) is 27.4. The van der Waals surface area contributed by atoms with Crippen LogP contribution in [0.4, 0.5) is 0 Å². The van der Waals surface area contributed by atoms with Gasteiger partial charge >= 0.3 is 0 Å². The van der Waals surface area contributed by atoms with Crippen LogP contribution >= 0.6 is 0 Å². The first-order chi connectivity index (χ1) is 21.7. The van der Waals surface area contributed by atoms with Crippen LogP contribution in [0, 0.1) is 5.92 Å². The number of nitrogens with one attached hydrogen (secondary N) is 1. The molecule has 0 radical (unpaired) electrons. The number of hydrogen-bond donors (Lipinski definition) is 2. The average Bonchev–Trinajstić information content (AvgIpc) is 3.42. The molecule has 1 aromatic heterocycles. The Morgan fingerprint density at radius 1 is 0.826 bits per heavy atom. The Morgan fingerprint density at radius 3 is 2.04 bits per heavy atom. The number of fused-ring (bicyclic) bond motifs is 1. The highest BCUT2D eigenvalue weighted by molar-refractivity contribution is 7.85. The summed E-state index contributed by atoms with van der Waals surface area (Å²) in [6.45, 7) is 11.1. The van der Waals surface area contributed by atoms with E-state index in [-0.39, 0.29) is 30.0 Å². The molecule has 0 fully saturated rings. The van der Waals surface area contributed by atoms with E-state index in [9.17, 15) is 13.2 Å². The average molecular weight is 637 g/mol. The number of benzene rings is 4. The lowest BCUT2D eigenvalue weighted by atomic mass is 9.84. The van der Waals surface area contributed by atoms with Gasteiger partial charge in [0.15, 0.2) is 5.78 Å². The third kappa shape index (κ3) is 8.59. The molecule has 1 atom stereocenters. The number of Topliss-reactive ketones (excluding diaryl/α,β-unsaturated/α-hetero) is 1. The van der Waals surface area contributed by atoms with Crippen molar-refractivity contribution in [2.45, 2.75) is 71.6 Å². The smallest absolute Gasteiger partial charge is 0.264 e. The van der Waals surface area contributed by atoms with Crippen molar-refractivity contribution in [2.75, 3.05) is 5.75 Å². The second-order valence-corrected chi connectivity index (χ2v) is 15.4. The van der Waals surface area contributed by atoms with E-state index < -0.39 is 15.9 Å². The fourth-order valence-electron chi connectivity index (χ4n) is 5.89. The van der Waals surface area contributed by atoms with E-state index in [0.717, 1.165) is 40.0 Å². The van der Waals surface area contributed by atoms with Crippen LogP contribution in [0.15, 0.2) is 91.0 Å². The van der Waals surface area contributed by atoms with Gasteiger partial charge in [-0.25, -0.2) is 4.98 Å². The van der Waals surface area contributed by atoms with Gasteiger partial charge < -0.3 is 4.98 Å². The van der Waals surface area contributed by atoms with Gasteiger partial charge in [-0.2, -0.15) is 8.42 Å². The minimum atomic E-state index is -4.08. The van der Waals surface area contributed by atoms with E-state index in [0.29, 0.717) is 17.9 Å². The minimum absolute atomic E-state index is 0.0422. The molecule has 0 saturated heterocycles. The Bertz CT molecular complexity index is 1900. The number of imidazole rings is 1. The molecular formula is C39H44N2O4S. The van der Waals surface area contributed by atoms with Crippen molar-refractivity contribution in [2.24, 2.45) is 5.92 Å². The highest BCUT2D eigenvalue weighted by Gasteiger charge is 2.21. The highest BCUT2D eigenvalue weighted by atomic mass is 32.2. The number of carbonyl (C=O) groups is 1. The lowest BCUT2D eigenvalue weighted by Gasteiger charge is -2.21. The first-order valence-electron chi connectivity index (χ1n) is 16.0. The van der Waals surface area contributed by atoms with Gasteiger partial charge in [-0.05, 0) is 76.1 Å². The summed E-state index contributed by atoms with van der Waals surface area (Å²) < 4.78 is 31.0. The summed E-state index contributed by atoms with van der Waals surface area (Å²) in [5.74, 6) is 0.891. The van der Waals surface area contributed by atoms with Crippen LogP contribution in [-0.4, -0.2) is 34.5 Å². The Hall–Kier alpha value is -4.07. The molecule has 0 bridgehead atoms. The van der Waals surface area contributed by atoms with Crippen LogP contribution < -0.4 is 0 Å². The van der Waals surface area contributed by atoms with Crippen LogP contribution in [0.3, 0.4) is 0 Å². The van der Waals surface area contributed by atoms with E-state index >= 15 is 0 Å². The van der Waals surface area contributed by atoms with Gasteiger partial charge in [-0.1, -0.05) is 113 Å². The van der Waals surface area contributed by atoms with Crippen LogP contribution in [0.5, 0.6) is 0 Å². The van der Waals surface area contributed by atoms with E-state index in [1.54, 1.807) is 12.1 Å². The summed E-state index contributed by atoms with van der Waals surface area (Å²) in [5.41, 5.74) is 9.60. The second-order valence-electron chi connectivity index (χ2n) is 13.8. The van der Waals surface area contributed by atoms with Gasteiger partial charge in [-0.3, -0.25) is 9.35 Å². The molecule has 46 heavy (non-hydrogen) atoms. The fraction of sp³-hybridized carbons (Fsp3) is 0.333. The van der Waals surface area contributed by atoms with Crippen LogP contribution in [0.1, 0.15) is 91.8 Å². The summed E-state index contributed by atoms with van der Waals surface area (Å²) >= 11 is 0. The minimum Gasteiger partial charge on any atom is -0.341 e. The molecule has 6 nitrogen and oxygen atoms in total. The standard InChI is InChI=1S/C39H44N2O4S/c1-26(2)23-27-8-12-29(13-9-27)32-18-21-35-36(25-32)41-38(40-35)34(30-16-19-33(20-17-30)39(3,4)5)24-28-10-14-31(15-11-28)37(42)7-6-22-46(43,44)45/h8-21,25-26,34H,6-7,22-24H2,1-5H3,(H,40,41)(H,43,44,45). The monoisotopic (exact) mass is 636 g/mol. The number of hydrogen-bond acceptors (Lipinski definition) is 4. The van der Waals surface area contributed by atoms with Gasteiger partial charge in [0, 0.05) is 17.9 Å². The van der Waals surface area contributed by atoms with E-state index in [2.05, 4.69) is 106 Å². The molecule has 5 aromatic rings. The normalized spacial score (nSPS) is 12.9. The first-order valence-corrected chi connectivity index (χ1v) is 17.6. The van der Waals surface area contributed by atoms with Crippen molar-refractivity contribution in [1.82, 2.24) is 9.97 Å². The summed E-state index contributed by atoms with van der Waals surface area (Å²) in [6, 6.07) is 31.5. The predicted octanol–water partition coefficient (Wildman–Crippen LogP) is 8.95. The number of ketones is 1. The molecule has 0 aliphatic carbocycles. The molecule has 1 heterocycles. The zero-order chi connectivity index (χ0) is 33.1. The summed E-state index contributed by atoms with van der Waals surface area (Å²) in [5, 5.41) is 0. The Kier molecular flexibility index (Phi) is 9.94. The molecule has 1 unspecified atom stereocenters. The third-order valence-corrected chi connectivity index (χ3v) is 9.27. The maximum Gasteiger partial charge on any atom is 0.264 e. The topological polar surface area (TPSA) is 100 Å². The Labute approximate surface area is 273 Å². The molecule has 0 saturated carbocycles. The summed E-state index contributed by atoms with van der Waals surface area (Å²) in [6.07, 6.45) is 1.89. The molecule has 0 aliphatic heterocycles. The van der Waals surface area contributed by atoms with Crippen molar-refractivity contribution in [3.63, 3.8) is 0 Å². The largest absolute Gasteiger partial charge is 0.341 e. The zero-order valence-corrected chi connectivity index (χ0v) is 28.2. The van der Waals surface area contributed by atoms with Gasteiger partial charge in [0.25, 0.3) is 10.1 Å². The van der Waals surface area contributed by atoms with E-state index in [1.807, 2.05) is 12.1 Å². The molecule has 4 aromatic carbocycles. The molecular weight excluding hydrogens is 593 g/mol. The summed E-state index contributed by atoms with van der Waals surface area (Å²) in [7, 11) is -4.08. The number of nitrogens with zero attached hydrogens (tertiary/aromatic N) is 1. The molecule has 2 N–H and O–H groups in total. The van der Waals surface area contributed by atoms with Crippen LogP contribution in [-0.2, 0) is 28.4 Å². The molecule has 0 aliphatic rings. The number of H-pyrrole nitrogens is 1. The molecule has 5 rings (SSSR count). The third-order valence-electron chi connectivity index (χ3n) is 8.46. The van der Waals surface area contributed by atoms with Crippen molar-refractivity contribution in [3.05, 3.63) is 125 Å². The predicted molar refractivity (Wildman–Crippen MR) is 187 cm³/mol. The summed E-state index contributed by atoms with van der Waals surface area (Å²) in [4.78, 5) is 21.3. The lowest BCUT2D eigenvalue weighted by molar-refractivity contribution is 0.0982. The van der Waals surface area contributed by atoms with Crippen molar-refractivity contribution < 1.29 is 17.8 Å². The maximum absolute atomic E-state index is 12.6. The Balaban J connectivity index is 1.42. The van der Waals surface area contributed by atoms with Crippen LogP contribution in [0.2, 0.25) is 0 Å². The second kappa shape index (κ2) is 13.7. The molecule has 0 amide bonds. The van der Waals surface area contributed by atoms with E-state index in [4.69, 9.17) is 9.54 Å². The van der Waals surface area contributed by atoms with Crippen molar-refractivity contribution >= 4 is 26.9 Å². The Morgan fingerprint density at radius 2 is 1.43 bits per heavy atom. The van der Waals surface area contributed by atoms with E-state index in [1.165, 1.54) is 16.7 Å². The van der Waals surface area contributed by atoms with Gasteiger partial charge in [0.1, 0.15) is 5.82 Å². The van der Waals surface area contributed by atoms with Crippen molar-refractivity contribution in [3.8, 4) is 11.1 Å². The SMILES string of the molecule is CC(C)Cc1ccc(-c2ccc3nc(C(Cc4ccc(C(=O)CCCS(=O)(=O)O)cc4)c4ccc(C(C)(C)C)cc4)[nH]c3c2)cc1. The number of carbonyl (C=O) groups excluding carboxylic acids is 1. The number of aromatic nitrogens is 2. The van der Waals surface area contributed by atoms with Gasteiger partial charge in [0.2, 0.25) is 0 Å². The fourth-order valence-corrected chi connectivity index (χ4v) is 6.40. The number of aromatic amines is 1.